The normalized spacial score (nSPS) is 16.7. The molecule has 1 atom stereocenters. The maximum atomic E-state index is 9.29. The Morgan fingerprint density at radius 3 is 2.74 bits per heavy atom. The highest BCUT2D eigenvalue weighted by Crippen LogP contribution is 2.37. The first-order valence-electron chi connectivity index (χ1n) is 9.73. The van der Waals surface area contributed by atoms with E-state index in [2.05, 4.69) is 64.9 Å². The molecule has 3 aromatic heterocycles. The second-order valence-corrected chi connectivity index (χ2v) is 8.50. The largest absolute Gasteiger partial charge is 0.327 e. The first kappa shape index (κ1) is 17.7. The minimum absolute atomic E-state index is 0.0437. The van der Waals surface area contributed by atoms with E-state index in [1.165, 1.54) is 25.7 Å². The van der Waals surface area contributed by atoms with Crippen LogP contribution in [0.25, 0.3) is 22.3 Å². The lowest BCUT2D eigenvalue weighted by Crippen LogP contribution is -2.20. The van der Waals surface area contributed by atoms with E-state index >= 15 is 0 Å². The molecule has 6 nitrogen and oxygen atoms in total. The Balaban J connectivity index is 1.73. The van der Waals surface area contributed by atoms with Gasteiger partial charge in [0.2, 0.25) is 0 Å². The van der Waals surface area contributed by atoms with Gasteiger partial charge in [0.05, 0.1) is 30.4 Å². The zero-order valence-corrected chi connectivity index (χ0v) is 16.3. The molecule has 0 amide bonds. The Bertz CT molecular complexity index is 978. The quantitative estimate of drug-likeness (QED) is 0.674. The minimum atomic E-state index is -0.0437. The highest BCUT2D eigenvalue weighted by molar-refractivity contribution is 5.90. The first-order chi connectivity index (χ1) is 13.0. The maximum Gasteiger partial charge on any atom is 0.144 e. The molecule has 1 saturated carbocycles. The van der Waals surface area contributed by atoms with E-state index in [1.54, 1.807) is 6.33 Å². The fraction of sp³-hybridized carbons (Fsp3) is 0.524. The Hall–Kier alpha value is -2.68. The van der Waals surface area contributed by atoms with Crippen LogP contribution in [0.5, 0.6) is 0 Å². The Kier molecular flexibility index (Phi) is 4.47. The second-order valence-electron chi connectivity index (χ2n) is 8.50. The van der Waals surface area contributed by atoms with Crippen LogP contribution < -0.4 is 0 Å². The molecule has 0 aromatic carbocycles. The third-order valence-electron chi connectivity index (χ3n) is 5.66. The lowest BCUT2D eigenvalue weighted by atomic mass is 9.96. The monoisotopic (exact) mass is 362 g/mol. The summed E-state index contributed by atoms with van der Waals surface area (Å²) in [5.74, 6) is 0.546. The summed E-state index contributed by atoms with van der Waals surface area (Å²) in [4.78, 5) is 9.06. The van der Waals surface area contributed by atoms with Gasteiger partial charge in [0.15, 0.2) is 0 Å². The van der Waals surface area contributed by atoms with Crippen molar-refractivity contribution in [3.63, 3.8) is 0 Å². The summed E-state index contributed by atoms with van der Waals surface area (Å²) < 4.78 is 4.16. The molecule has 0 unspecified atom stereocenters. The van der Waals surface area contributed by atoms with Crippen molar-refractivity contribution in [3.05, 3.63) is 31.0 Å². The number of fused-ring (bicyclic) bond motifs is 1. The molecule has 3 heterocycles. The van der Waals surface area contributed by atoms with Crippen LogP contribution in [0.1, 0.15) is 58.9 Å². The number of hydrogen-bond acceptors (Lipinski definition) is 4. The van der Waals surface area contributed by atoms with Crippen molar-refractivity contribution in [2.24, 2.45) is 5.92 Å². The lowest BCUT2D eigenvalue weighted by Gasteiger charge is -2.22. The molecule has 1 aliphatic carbocycles. The third kappa shape index (κ3) is 3.23. The Labute approximate surface area is 159 Å². The Morgan fingerprint density at radius 1 is 1.26 bits per heavy atom. The first-order valence-corrected chi connectivity index (χ1v) is 9.73. The summed E-state index contributed by atoms with van der Waals surface area (Å²) in [6.45, 7) is 6.50. The van der Waals surface area contributed by atoms with Crippen molar-refractivity contribution in [1.82, 2.24) is 24.3 Å². The van der Waals surface area contributed by atoms with Crippen molar-refractivity contribution >= 4 is 11.0 Å². The van der Waals surface area contributed by atoms with Crippen LogP contribution in [0.3, 0.4) is 0 Å². The Morgan fingerprint density at radius 2 is 2.04 bits per heavy atom. The standard InChI is InChI=1S/C21H26N6/c1-21(2,3)26-11-9-17-19(23-14-24-20(17)26)16-12-25-27(13-16)18(8-10-22)15-6-4-5-7-15/h9,11-15,18H,4-8H2,1-3H3/t18-/m1/s1. The molecular weight excluding hydrogens is 336 g/mol. The number of nitrogens with zero attached hydrogens (tertiary/aromatic N) is 6. The van der Waals surface area contributed by atoms with Crippen LogP contribution in [0.2, 0.25) is 0 Å². The van der Waals surface area contributed by atoms with Gasteiger partial charge in [-0.05, 0) is 45.6 Å². The van der Waals surface area contributed by atoms with Gasteiger partial charge in [-0.15, -0.1) is 0 Å². The fourth-order valence-corrected chi connectivity index (χ4v) is 4.28. The van der Waals surface area contributed by atoms with Crippen molar-refractivity contribution in [2.75, 3.05) is 0 Å². The third-order valence-corrected chi connectivity index (χ3v) is 5.66. The second kappa shape index (κ2) is 6.80. The highest BCUT2D eigenvalue weighted by Gasteiger charge is 2.27. The number of nitriles is 1. The molecule has 140 valence electrons. The molecule has 0 bridgehead atoms. The molecule has 0 N–H and O–H groups in total. The van der Waals surface area contributed by atoms with Crippen molar-refractivity contribution < 1.29 is 0 Å². The van der Waals surface area contributed by atoms with Gasteiger partial charge < -0.3 is 4.57 Å². The SMILES string of the molecule is CC(C)(C)n1ccc2c(-c3cnn([C@H](CC#N)C4CCCC4)c3)ncnc21. The molecule has 0 aliphatic heterocycles. The summed E-state index contributed by atoms with van der Waals surface area (Å²) in [7, 11) is 0. The fourth-order valence-electron chi connectivity index (χ4n) is 4.28. The lowest BCUT2D eigenvalue weighted by molar-refractivity contribution is 0.315. The molecule has 6 heteroatoms. The maximum absolute atomic E-state index is 9.29. The molecular formula is C21H26N6. The van der Waals surface area contributed by atoms with Gasteiger partial charge in [0, 0.05) is 28.9 Å². The summed E-state index contributed by atoms with van der Waals surface area (Å²) >= 11 is 0. The predicted molar refractivity (Wildman–Crippen MR) is 105 cm³/mol. The van der Waals surface area contributed by atoms with E-state index < -0.39 is 0 Å². The zero-order valence-electron chi connectivity index (χ0n) is 16.3. The molecule has 3 aromatic rings. The van der Waals surface area contributed by atoms with Crippen LogP contribution in [0.15, 0.2) is 31.0 Å². The summed E-state index contributed by atoms with van der Waals surface area (Å²) in [6, 6.07) is 4.59. The molecule has 1 fully saturated rings. The minimum Gasteiger partial charge on any atom is -0.327 e. The van der Waals surface area contributed by atoms with Gasteiger partial charge in [0.25, 0.3) is 0 Å². The van der Waals surface area contributed by atoms with Crippen LogP contribution in [0.4, 0.5) is 0 Å². The smallest absolute Gasteiger partial charge is 0.144 e. The summed E-state index contributed by atoms with van der Waals surface area (Å²) in [5, 5.41) is 14.9. The molecule has 4 rings (SSSR count). The predicted octanol–water partition coefficient (Wildman–Crippen LogP) is 4.69. The van der Waals surface area contributed by atoms with E-state index in [9.17, 15) is 5.26 Å². The van der Waals surface area contributed by atoms with Crippen LogP contribution >= 0.6 is 0 Å². The van der Waals surface area contributed by atoms with Crippen molar-refractivity contribution in [3.8, 4) is 17.3 Å². The van der Waals surface area contributed by atoms with Crippen LogP contribution in [-0.2, 0) is 5.54 Å². The zero-order chi connectivity index (χ0) is 19.0. The van der Waals surface area contributed by atoms with E-state index in [0.29, 0.717) is 12.3 Å². The molecule has 27 heavy (non-hydrogen) atoms. The number of rotatable bonds is 4. The van der Waals surface area contributed by atoms with Crippen LogP contribution in [0, 0.1) is 17.2 Å². The van der Waals surface area contributed by atoms with E-state index in [0.717, 1.165) is 22.3 Å². The van der Waals surface area contributed by atoms with Crippen molar-refractivity contribution in [2.45, 2.75) is 64.5 Å². The van der Waals surface area contributed by atoms with Gasteiger partial charge in [-0.3, -0.25) is 4.68 Å². The van der Waals surface area contributed by atoms with Gasteiger partial charge in [-0.2, -0.15) is 10.4 Å². The van der Waals surface area contributed by atoms with Gasteiger partial charge in [-0.25, -0.2) is 9.97 Å². The number of aromatic nitrogens is 5. The van der Waals surface area contributed by atoms with Crippen LogP contribution in [-0.4, -0.2) is 24.3 Å². The molecule has 0 spiro atoms. The van der Waals surface area contributed by atoms with E-state index in [4.69, 9.17) is 0 Å². The van der Waals surface area contributed by atoms with Gasteiger partial charge in [0.1, 0.15) is 12.0 Å². The van der Waals surface area contributed by atoms with E-state index in [-0.39, 0.29) is 11.6 Å². The van der Waals surface area contributed by atoms with Crippen molar-refractivity contribution in [1.29, 1.82) is 5.26 Å². The summed E-state index contributed by atoms with van der Waals surface area (Å²) in [6.07, 6.45) is 13.0. The summed E-state index contributed by atoms with van der Waals surface area (Å²) in [5.41, 5.74) is 2.77. The van der Waals surface area contributed by atoms with Gasteiger partial charge in [-0.1, -0.05) is 12.8 Å². The highest BCUT2D eigenvalue weighted by atomic mass is 15.3. The average molecular weight is 362 g/mol. The molecule has 0 saturated heterocycles. The topological polar surface area (TPSA) is 72.3 Å². The van der Waals surface area contributed by atoms with E-state index in [1.807, 2.05) is 10.9 Å². The number of hydrogen-bond donors (Lipinski definition) is 0. The molecule has 0 radical (unpaired) electrons. The molecule has 1 aliphatic rings. The van der Waals surface area contributed by atoms with Gasteiger partial charge >= 0.3 is 0 Å². The average Bonchev–Trinajstić information content (AvgIpc) is 3.38.